The molecular weight excluding hydrogens is 334 g/mol. The highest BCUT2D eigenvalue weighted by Crippen LogP contribution is 2.35. The second kappa shape index (κ2) is 5.33. The summed E-state index contributed by atoms with van der Waals surface area (Å²) in [7, 11) is 1.35. The molecule has 0 aliphatic carbocycles. The third kappa shape index (κ3) is 2.23. The Morgan fingerprint density at radius 1 is 1.19 bits per heavy atom. The minimum atomic E-state index is -0.448. The molecule has 106 valence electrons. The van der Waals surface area contributed by atoms with Gasteiger partial charge in [-0.2, -0.15) is 0 Å². The molecule has 1 heterocycles. The number of aromatic nitrogens is 1. The second-order valence-electron chi connectivity index (χ2n) is 4.59. The Hall–Kier alpha value is -2.14. The molecule has 4 nitrogen and oxygen atoms in total. The van der Waals surface area contributed by atoms with Crippen molar-refractivity contribution in [2.24, 2.45) is 0 Å². The van der Waals surface area contributed by atoms with Crippen LogP contribution in [0.25, 0.3) is 22.0 Å². The van der Waals surface area contributed by atoms with Crippen LogP contribution in [0, 0.1) is 6.92 Å². The average molecular weight is 346 g/mol. The van der Waals surface area contributed by atoms with E-state index in [1.54, 1.807) is 6.92 Å². The number of aryl methyl sites for hydroxylation is 1. The molecule has 0 aliphatic heterocycles. The van der Waals surface area contributed by atoms with Gasteiger partial charge < -0.3 is 9.26 Å². The molecule has 0 saturated carbocycles. The molecule has 0 radical (unpaired) electrons. The van der Waals surface area contributed by atoms with Gasteiger partial charge in [-0.1, -0.05) is 51.4 Å². The lowest BCUT2D eigenvalue weighted by Crippen LogP contribution is -2.03. The van der Waals surface area contributed by atoms with E-state index >= 15 is 0 Å². The smallest absolute Gasteiger partial charge is 0.343 e. The van der Waals surface area contributed by atoms with Crippen LogP contribution in [0.3, 0.4) is 0 Å². The summed E-state index contributed by atoms with van der Waals surface area (Å²) in [6, 6.07) is 11.8. The first kappa shape index (κ1) is 13.8. The molecule has 3 aromatic rings. The number of ether oxygens (including phenoxy) is 1. The number of carbonyl (C=O) groups is 1. The minimum Gasteiger partial charge on any atom is -0.465 e. The lowest BCUT2D eigenvalue weighted by Gasteiger charge is -2.07. The molecule has 0 aliphatic rings. The molecule has 0 fully saturated rings. The maximum Gasteiger partial charge on any atom is 0.343 e. The number of fused-ring (bicyclic) bond motifs is 1. The number of carbonyl (C=O) groups excluding carboxylic acids is 1. The van der Waals surface area contributed by atoms with Crippen LogP contribution < -0.4 is 0 Å². The van der Waals surface area contributed by atoms with Gasteiger partial charge in [0, 0.05) is 10.0 Å². The fourth-order valence-corrected chi connectivity index (χ4v) is 2.85. The molecule has 0 spiro atoms. The Morgan fingerprint density at radius 2 is 1.90 bits per heavy atom. The maximum absolute atomic E-state index is 12.0. The molecule has 1 aromatic heterocycles. The van der Waals surface area contributed by atoms with Gasteiger partial charge in [0.2, 0.25) is 0 Å². The van der Waals surface area contributed by atoms with Crippen molar-refractivity contribution in [3.05, 3.63) is 52.2 Å². The zero-order valence-corrected chi connectivity index (χ0v) is 13.1. The topological polar surface area (TPSA) is 52.3 Å². The van der Waals surface area contributed by atoms with Crippen LogP contribution in [-0.4, -0.2) is 18.2 Å². The standard InChI is InChI=1S/C16H12BrNO3/c1-9-14(16(19)20-2)15(18-21-9)12-7-8-13(17)11-6-4-3-5-10(11)12/h3-8H,1-2H3. The quantitative estimate of drug-likeness (QED) is 0.647. The SMILES string of the molecule is COC(=O)c1c(-c2ccc(Br)c3ccccc23)noc1C. The Morgan fingerprint density at radius 3 is 2.62 bits per heavy atom. The third-order valence-corrected chi connectivity index (χ3v) is 4.07. The van der Waals surface area contributed by atoms with Gasteiger partial charge in [0.1, 0.15) is 17.0 Å². The molecule has 5 heteroatoms. The summed E-state index contributed by atoms with van der Waals surface area (Å²) in [6.07, 6.45) is 0. The first-order valence-electron chi connectivity index (χ1n) is 6.35. The van der Waals surface area contributed by atoms with E-state index in [0.29, 0.717) is 17.0 Å². The van der Waals surface area contributed by atoms with E-state index < -0.39 is 5.97 Å². The number of methoxy groups -OCH3 is 1. The maximum atomic E-state index is 12.0. The van der Waals surface area contributed by atoms with Crippen molar-refractivity contribution in [2.45, 2.75) is 6.92 Å². The van der Waals surface area contributed by atoms with Crippen molar-refractivity contribution in [3.63, 3.8) is 0 Å². The van der Waals surface area contributed by atoms with Crippen molar-refractivity contribution in [3.8, 4) is 11.3 Å². The Labute approximate surface area is 129 Å². The van der Waals surface area contributed by atoms with Gasteiger partial charge in [0.05, 0.1) is 7.11 Å². The van der Waals surface area contributed by atoms with E-state index in [0.717, 1.165) is 20.8 Å². The van der Waals surface area contributed by atoms with Crippen LogP contribution in [0.2, 0.25) is 0 Å². The number of halogens is 1. The minimum absolute atomic E-state index is 0.366. The van der Waals surface area contributed by atoms with Crippen LogP contribution in [0.15, 0.2) is 45.4 Å². The zero-order chi connectivity index (χ0) is 15.0. The van der Waals surface area contributed by atoms with E-state index in [1.807, 2.05) is 36.4 Å². The van der Waals surface area contributed by atoms with E-state index in [9.17, 15) is 4.79 Å². The highest BCUT2D eigenvalue weighted by atomic mass is 79.9. The summed E-state index contributed by atoms with van der Waals surface area (Å²) >= 11 is 3.53. The second-order valence-corrected chi connectivity index (χ2v) is 5.45. The normalized spacial score (nSPS) is 10.8. The van der Waals surface area contributed by atoms with Crippen LogP contribution in [0.5, 0.6) is 0 Å². The number of benzene rings is 2. The van der Waals surface area contributed by atoms with Crippen LogP contribution in [-0.2, 0) is 4.74 Å². The number of esters is 1. The molecule has 0 unspecified atom stereocenters. The molecule has 0 atom stereocenters. The summed E-state index contributed by atoms with van der Waals surface area (Å²) in [4.78, 5) is 12.0. The summed E-state index contributed by atoms with van der Waals surface area (Å²) in [5.41, 5.74) is 1.71. The number of nitrogens with zero attached hydrogens (tertiary/aromatic N) is 1. The fourth-order valence-electron chi connectivity index (χ4n) is 2.37. The molecule has 0 saturated heterocycles. The lowest BCUT2D eigenvalue weighted by molar-refractivity contribution is 0.0599. The van der Waals surface area contributed by atoms with E-state index in [2.05, 4.69) is 21.1 Å². The molecule has 21 heavy (non-hydrogen) atoms. The van der Waals surface area contributed by atoms with E-state index in [1.165, 1.54) is 7.11 Å². The van der Waals surface area contributed by atoms with Crippen LogP contribution in [0.1, 0.15) is 16.1 Å². The summed E-state index contributed by atoms with van der Waals surface area (Å²) < 4.78 is 11.0. The van der Waals surface area contributed by atoms with Gasteiger partial charge in [-0.15, -0.1) is 0 Å². The van der Waals surface area contributed by atoms with E-state index in [-0.39, 0.29) is 0 Å². The van der Waals surface area contributed by atoms with Crippen LogP contribution >= 0.6 is 15.9 Å². The Bertz CT molecular complexity index is 839. The van der Waals surface area contributed by atoms with Crippen LogP contribution in [0.4, 0.5) is 0 Å². The Balaban J connectivity index is 2.32. The van der Waals surface area contributed by atoms with Crippen molar-refractivity contribution >= 4 is 32.7 Å². The summed E-state index contributed by atoms with van der Waals surface area (Å²) in [6.45, 7) is 1.70. The molecule has 2 aromatic carbocycles. The highest BCUT2D eigenvalue weighted by Gasteiger charge is 2.23. The number of rotatable bonds is 2. The predicted molar refractivity (Wildman–Crippen MR) is 83.2 cm³/mol. The number of hydrogen-bond acceptors (Lipinski definition) is 4. The molecule has 3 rings (SSSR count). The lowest BCUT2D eigenvalue weighted by atomic mass is 9.99. The fraction of sp³-hybridized carbons (Fsp3) is 0.125. The first-order valence-corrected chi connectivity index (χ1v) is 7.15. The van der Waals surface area contributed by atoms with Gasteiger partial charge >= 0.3 is 5.97 Å². The largest absolute Gasteiger partial charge is 0.465 e. The molecular formula is C16H12BrNO3. The van der Waals surface area contributed by atoms with Gasteiger partial charge in [-0.05, 0) is 23.8 Å². The first-order chi connectivity index (χ1) is 10.1. The van der Waals surface area contributed by atoms with Crippen molar-refractivity contribution in [2.75, 3.05) is 7.11 Å². The average Bonchev–Trinajstić information content (AvgIpc) is 2.89. The summed E-state index contributed by atoms with van der Waals surface area (Å²) in [5.74, 6) is -0.000371. The summed E-state index contributed by atoms with van der Waals surface area (Å²) in [5, 5.41) is 6.08. The third-order valence-electron chi connectivity index (χ3n) is 3.38. The Kier molecular flexibility index (Phi) is 3.51. The molecule has 0 bridgehead atoms. The van der Waals surface area contributed by atoms with Crippen molar-refractivity contribution < 1.29 is 14.1 Å². The van der Waals surface area contributed by atoms with Gasteiger partial charge in [-0.3, -0.25) is 0 Å². The predicted octanol–water partition coefficient (Wildman–Crippen LogP) is 4.35. The molecule has 0 N–H and O–H groups in total. The van der Waals surface area contributed by atoms with Crippen molar-refractivity contribution in [1.29, 1.82) is 0 Å². The van der Waals surface area contributed by atoms with Gasteiger partial charge in [0.25, 0.3) is 0 Å². The zero-order valence-electron chi connectivity index (χ0n) is 11.5. The monoisotopic (exact) mass is 345 g/mol. The number of hydrogen-bond donors (Lipinski definition) is 0. The van der Waals surface area contributed by atoms with E-state index in [4.69, 9.17) is 9.26 Å². The van der Waals surface area contributed by atoms with Gasteiger partial charge in [0.15, 0.2) is 0 Å². The van der Waals surface area contributed by atoms with Crippen molar-refractivity contribution in [1.82, 2.24) is 5.16 Å². The highest BCUT2D eigenvalue weighted by molar-refractivity contribution is 9.10. The molecule has 0 amide bonds. The van der Waals surface area contributed by atoms with Gasteiger partial charge in [-0.25, -0.2) is 4.79 Å².